The first kappa shape index (κ1) is 16.0. The first-order chi connectivity index (χ1) is 9.29. The highest BCUT2D eigenvalue weighted by molar-refractivity contribution is 9.11. The number of anilines is 1. The van der Waals surface area contributed by atoms with E-state index in [2.05, 4.69) is 52.5 Å². The molecule has 7 heteroatoms. The Morgan fingerprint density at radius 1 is 0.950 bits per heavy atom. The molecule has 2 aromatic rings. The van der Waals surface area contributed by atoms with E-state index in [0.29, 0.717) is 14.6 Å². The minimum Gasteiger partial charge on any atom is -0.278 e. The van der Waals surface area contributed by atoms with Gasteiger partial charge in [-0.3, -0.25) is 4.72 Å². The third-order valence-electron chi connectivity index (χ3n) is 2.55. The van der Waals surface area contributed by atoms with E-state index in [1.165, 1.54) is 0 Å². The third kappa shape index (κ3) is 3.63. The summed E-state index contributed by atoms with van der Waals surface area (Å²) in [5, 5.41) is 0. The summed E-state index contributed by atoms with van der Waals surface area (Å²) in [4.78, 5) is 0.189. The Balaban J connectivity index is 2.43. The van der Waals surface area contributed by atoms with E-state index < -0.39 is 10.0 Å². The molecule has 0 aliphatic rings. The lowest BCUT2D eigenvalue weighted by Crippen LogP contribution is -2.14. The number of nitrogens with one attached hydrogen (secondary N) is 1. The molecule has 0 amide bonds. The Labute approximate surface area is 143 Å². The summed E-state index contributed by atoms with van der Waals surface area (Å²) in [6, 6.07) is 10.4. The highest BCUT2D eigenvalue weighted by atomic mass is 79.9. The summed E-state index contributed by atoms with van der Waals surface area (Å²) >= 11 is 9.91. The van der Waals surface area contributed by atoms with Gasteiger partial charge >= 0.3 is 0 Å². The van der Waals surface area contributed by atoms with Crippen LogP contribution in [0, 0.1) is 6.92 Å². The van der Waals surface area contributed by atoms with Gasteiger partial charge in [-0.25, -0.2) is 8.42 Å². The minimum atomic E-state index is -3.65. The van der Waals surface area contributed by atoms with Gasteiger partial charge in [0.1, 0.15) is 4.90 Å². The van der Waals surface area contributed by atoms with Crippen LogP contribution in [0.5, 0.6) is 0 Å². The quantitative estimate of drug-likeness (QED) is 0.661. The van der Waals surface area contributed by atoms with Crippen molar-refractivity contribution in [3.8, 4) is 0 Å². The molecule has 0 aliphatic carbocycles. The molecule has 1 N–H and O–H groups in total. The van der Waals surface area contributed by atoms with E-state index in [-0.39, 0.29) is 4.90 Å². The maximum absolute atomic E-state index is 12.4. The van der Waals surface area contributed by atoms with Gasteiger partial charge in [0.05, 0.1) is 5.69 Å². The van der Waals surface area contributed by atoms with E-state index in [9.17, 15) is 8.42 Å². The van der Waals surface area contributed by atoms with Crippen LogP contribution in [0.15, 0.2) is 54.7 Å². The van der Waals surface area contributed by atoms with Gasteiger partial charge in [0, 0.05) is 13.4 Å². The topological polar surface area (TPSA) is 46.2 Å². The fraction of sp³-hybridized carbons (Fsp3) is 0.0769. The number of halogens is 3. The zero-order valence-electron chi connectivity index (χ0n) is 10.3. The summed E-state index contributed by atoms with van der Waals surface area (Å²) in [5.74, 6) is 0. The lowest BCUT2D eigenvalue weighted by Gasteiger charge is -2.12. The lowest BCUT2D eigenvalue weighted by atomic mass is 10.2. The number of hydrogen-bond acceptors (Lipinski definition) is 2. The molecule has 0 heterocycles. The second kappa shape index (κ2) is 6.17. The van der Waals surface area contributed by atoms with E-state index in [0.717, 1.165) is 10.0 Å². The average molecular weight is 484 g/mol. The first-order valence-electron chi connectivity index (χ1n) is 5.53. The van der Waals surface area contributed by atoms with Crippen LogP contribution in [0.3, 0.4) is 0 Å². The van der Waals surface area contributed by atoms with Gasteiger partial charge in [-0.1, -0.05) is 22.0 Å². The maximum atomic E-state index is 12.4. The van der Waals surface area contributed by atoms with Crippen LogP contribution in [0.25, 0.3) is 0 Å². The summed E-state index contributed by atoms with van der Waals surface area (Å²) in [7, 11) is -3.65. The summed E-state index contributed by atoms with van der Waals surface area (Å²) < 4.78 is 29.4. The molecule has 0 atom stereocenters. The number of benzene rings is 2. The Bertz CT molecular complexity index is 760. The highest BCUT2D eigenvalue weighted by Crippen LogP contribution is 2.30. The average Bonchev–Trinajstić information content (AvgIpc) is 2.33. The minimum absolute atomic E-state index is 0.189. The highest BCUT2D eigenvalue weighted by Gasteiger charge is 2.19. The van der Waals surface area contributed by atoms with Crippen molar-refractivity contribution in [3.05, 3.63) is 55.4 Å². The third-order valence-corrected chi connectivity index (χ3v) is 6.08. The number of rotatable bonds is 3. The molecular weight excluding hydrogens is 474 g/mol. The van der Waals surface area contributed by atoms with Crippen LogP contribution >= 0.6 is 47.8 Å². The van der Waals surface area contributed by atoms with Crippen LogP contribution in [0.1, 0.15) is 5.56 Å². The first-order valence-corrected chi connectivity index (χ1v) is 9.40. The largest absolute Gasteiger partial charge is 0.278 e. The lowest BCUT2D eigenvalue weighted by molar-refractivity contribution is 0.600. The van der Waals surface area contributed by atoms with Crippen molar-refractivity contribution in [2.75, 3.05) is 4.72 Å². The number of sulfonamides is 1. The number of hydrogen-bond donors (Lipinski definition) is 1. The van der Waals surface area contributed by atoms with Crippen molar-refractivity contribution in [1.29, 1.82) is 0 Å². The van der Waals surface area contributed by atoms with Gasteiger partial charge in [-0.2, -0.15) is 0 Å². The normalized spacial score (nSPS) is 11.4. The van der Waals surface area contributed by atoms with Crippen LogP contribution in [0.4, 0.5) is 5.69 Å². The van der Waals surface area contributed by atoms with Gasteiger partial charge in [0.25, 0.3) is 10.0 Å². The fourth-order valence-electron chi connectivity index (χ4n) is 1.61. The molecule has 3 nitrogen and oxygen atoms in total. The van der Waals surface area contributed by atoms with Crippen molar-refractivity contribution in [1.82, 2.24) is 0 Å². The molecule has 2 rings (SSSR count). The Morgan fingerprint density at radius 3 is 2.30 bits per heavy atom. The Hall–Kier alpha value is -0.370. The number of aryl methyl sites for hydroxylation is 1. The predicted octanol–water partition coefficient (Wildman–Crippen LogP) is 5.08. The van der Waals surface area contributed by atoms with Gasteiger partial charge in [0.2, 0.25) is 0 Å². The summed E-state index contributed by atoms with van der Waals surface area (Å²) in [6.45, 7) is 1.90. The van der Waals surface area contributed by atoms with Gasteiger partial charge in [-0.05, 0) is 74.7 Å². The molecule has 0 aliphatic heterocycles. The molecule has 0 unspecified atom stereocenters. The summed E-state index contributed by atoms with van der Waals surface area (Å²) in [6.07, 6.45) is 0. The molecule has 0 radical (unpaired) electrons. The molecule has 0 fully saturated rings. The summed E-state index contributed by atoms with van der Waals surface area (Å²) in [5.41, 5.74) is 1.49. The molecule has 0 bridgehead atoms. The molecule has 0 saturated heterocycles. The van der Waals surface area contributed by atoms with Crippen LogP contribution in [-0.2, 0) is 10.0 Å². The van der Waals surface area contributed by atoms with E-state index in [1.807, 2.05) is 19.1 Å². The van der Waals surface area contributed by atoms with E-state index >= 15 is 0 Å². The molecule has 106 valence electrons. The van der Waals surface area contributed by atoms with E-state index in [4.69, 9.17) is 0 Å². The van der Waals surface area contributed by atoms with E-state index in [1.54, 1.807) is 24.3 Å². The molecule has 20 heavy (non-hydrogen) atoms. The van der Waals surface area contributed by atoms with Gasteiger partial charge in [0.15, 0.2) is 0 Å². The standard InChI is InChI=1S/C13H10Br3NO2S/c1-8-2-4-10(15)12(6-8)17-20(18,19)13-5-3-9(14)7-11(13)16/h2-7,17H,1H3. The second-order valence-corrected chi connectivity index (χ2v) is 8.44. The maximum Gasteiger partial charge on any atom is 0.263 e. The van der Waals surface area contributed by atoms with Crippen molar-refractivity contribution >= 4 is 63.5 Å². The molecule has 0 saturated carbocycles. The molecule has 2 aromatic carbocycles. The smallest absolute Gasteiger partial charge is 0.263 e. The van der Waals surface area contributed by atoms with Crippen molar-refractivity contribution in [2.24, 2.45) is 0 Å². The Kier molecular flexibility index (Phi) is 4.94. The van der Waals surface area contributed by atoms with Crippen molar-refractivity contribution in [2.45, 2.75) is 11.8 Å². The SMILES string of the molecule is Cc1ccc(Br)c(NS(=O)(=O)c2ccc(Br)cc2Br)c1. The molecular formula is C13H10Br3NO2S. The second-order valence-electron chi connectivity index (χ2n) is 4.16. The molecule has 0 aromatic heterocycles. The Morgan fingerprint density at radius 2 is 1.65 bits per heavy atom. The van der Waals surface area contributed by atoms with Gasteiger partial charge < -0.3 is 0 Å². The van der Waals surface area contributed by atoms with Crippen LogP contribution in [0.2, 0.25) is 0 Å². The van der Waals surface area contributed by atoms with Gasteiger partial charge in [-0.15, -0.1) is 0 Å². The monoisotopic (exact) mass is 481 g/mol. The predicted molar refractivity (Wildman–Crippen MR) is 91.5 cm³/mol. The fourth-order valence-corrected chi connectivity index (χ4v) is 4.90. The van der Waals surface area contributed by atoms with Crippen molar-refractivity contribution < 1.29 is 8.42 Å². The zero-order chi connectivity index (χ0) is 14.9. The van der Waals surface area contributed by atoms with Crippen LogP contribution in [-0.4, -0.2) is 8.42 Å². The van der Waals surface area contributed by atoms with Crippen LogP contribution < -0.4 is 4.72 Å². The zero-order valence-corrected chi connectivity index (χ0v) is 15.9. The molecule has 0 spiro atoms. The van der Waals surface area contributed by atoms with Crippen molar-refractivity contribution in [3.63, 3.8) is 0 Å².